The van der Waals surface area contributed by atoms with Crippen LogP contribution in [-0.2, 0) is 29.0 Å². The van der Waals surface area contributed by atoms with E-state index in [9.17, 15) is 19.6 Å². The van der Waals surface area contributed by atoms with Gasteiger partial charge in [0.1, 0.15) is 29.0 Å². The third-order valence-electron chi connectivity index (χ3n) is 6.06. The number of ether oxygens (including phenoxy) is 2. The van der Waals surface area contributed by atoms with Gasteiger partial charge in [0.15, 0.2) is 0 Å². The van der Waals surface area contributed by atoms with Crippen molar-refractivity contribution >= 4 is 40.3 Å². The Morgan fingerprint density at radius 2 is 1.84 bits per heavy atom. The molecule has 1 aromatic heterocycles. The molecule has 0 atom stereocenters. The van der Waals surface area contributed by atoms with Crippen LogP contribution in [0.3, 0.4) is 0 Å². The molecule has 38 heavy (non-hydrogen) atoms. The fourth-order valence-corrected chi connectivity index (χ4v) is 5.46. The molecule has 0 fully saturated rings. The second-order valence-electron chi connectivity index (χ2n) is 8.59. The van der Waals surface area contributed by atoms with Crippen LogP contribution >= 0.6 is 11.3 Å². The van der Waals surface area contributed by atoms with E-state index in [0.29, 0.717) is 21.9 Å². The number of nitrogens with one attached hydrogen (secondary N) is 1. The van der Waals surface area contributed by atoms with Gasteiger partial charge in [-0.25, -0.2) is 9.59 Å². The van der Waals surface area contributed by atoms with Crippen molar-refractivity contribution in [1.29, 1.82) is 5.26 Å². The van der Waals surface area contributed by atoms with Crippen LogP contribution in [0, 0.1) is 11.3 Å². The molecule has 9 heteroatoms. The Hall–Kier alpha value is -4.42. The topological polar surface area (TPSA) is 126 Å². The maximum atomic E-state index is 13.1. The average molecular weight is 531 g/mol. The highest BCUT2D eigenvalue weighted by Gasteiger charge is 2.28. The highest BCUT2D eigenvalue weighted by atomic mass is 32.1. The van der Waals surface area contributed by atoms with Crippen LogP contribution in [0.2, 0.25) is 0 Å². The van der Waals surface area contributed by atoms with Gasteiger partial charge in [-0.15, -0.1) is 11.3 Å². The second-order valence-corrected chi connectivity index (χ2v) is 9.69. The largest absolute Gasteiger partial charge is 0.488 e. The number of anilines is 1. The normalized spacial score (nSPS) is 12.7. The molecule has 1 heterocycles. The Bertz CT molecular complexity index is 1430. The van der Waals surface area contributed by atoms with Crippen molar-refractivity contribution in [3.8, 4) is 11.8 Å². The first-order valence-corrected chi connectivity index (χ1v) is 13.0. The molecule has 0 spiro atoms. The third-order valence-corrected chi connectivity index (χ3v) is 7.26. The summed E-state index contributed by atoms with van der Waals surface area (Å²) in [7, 11) is 0. The Balaban J connectivity index is 1.55. The summed E-state index contributed by atoms with van der Waals surface area (Å²) in [5, 5.41) is 22.0. The number of carboxylic acids is 1. The molecule has 4 rings (SSSR count). The number of aryl methyl sites for hydroxylation is 1. The first kappa shape index (κ1) is 26.6. The van der Waals surface area contributed by atoms with Crippen molar-refractivity contribution in [2.24, 2.45) is 0 Å². The minimum absolute atomic E-state index is 0.145. The molecule has 0 unspecified atom stereocenters. The first-order valence-electron chi connectivity index (χ1n) is 12.2. The van der Waals surface area contributed by atoms with Gasteiger partial charge in [0.2, 0.25) is 0 Å². The predicted octanol–water partition coefficient (Wildman–Crippen LogP) is 5.63. The lowest BCUT2D eigenvalue weighted by molar-refractivity contribution is -0.112. The number of carboxylic acid groups (broad SMARTS) is 1. The molecular weight excluding hydrogens is 504 g/mol. The van der Waals surface area contributed by atoms with Gasteiger partial charge in [0, 0.05) is 10.4 Å². The lowest BCUT2D eigenvalue weighted by Crippen LogP contribution is -2.16. The minimum Gasteiger partial charge on any atom is -0.488 e. The molecule has 2 aromatic carbocycles. The Labute approximate surface area is 224 Å². The van der Waals surface area contributed by atoms with E-state index in [-0.39, 0.29) is 24.4 Å². The molecule has 0 bridgehead atoms. The van der Waals surface area contributed by atoms with E-state index in [1.165, 1.54) is 29.5 Å². The van der Waals surface area contributed by atoms with Crippen LogP contribution in [0.1, 0.15) is 62.0 Å². The van der Waals surface area contributed by atoms with Gasteiger partial charge >= 0.3 is 11.9 Å². The molecule has 0 radical (unpaired) electrons. The van der Waals surface area contributed by atoms with Crippen LogP contribution in [0.25, 0.3) is 6.08 Å². The number of aromatic carboxylic acids is 1. The van der Waals surface area contributed by atoms with E-state index in [0.717, 1.165) is 41.7 Å². The number of nitriles is 1. The van der Waals surface area contributed by atoms with Crippen LogP contribution in [0.15, 0.2) is 54.1 Å². The van der Waals surface area contributed by atoms with Gasteiger partial charge in [-0.3, -0.25) is 4.79 Å². The number of amides is 1. The Kier molecular flexibility index (Phi) is 8.56. The molecule has 3 aromatic rings. The summed E-state index contributed by atoms with van der Waals surface area (Å²) in [4.78, 5) is 38.0. The van der Waals surface area contributed by atoms with Gasteiger partial charge < -0.3 is 19.9 Å². The van der Waals surface area contributed by atoms with Gasteiger partial charge in [-0.1, -0.05) is 30.3 Å². The average Bonchev–Trinajstić information content (AvgIpc) is 3.29. The smallest absolute Gasteiger partial charge is 0.341 e. The molecule has 8 nitrogen and oxygen atoms in total. The number of hydrogen-bond acceptors (Lipinski definition) is 7. The van der Waals surface area contributed by atoms with Crippen LogP contribution in [0.4, 0.5) is 5.00 Å². The van der Waals surface area contributed by atoms with E-state index < -0.39 is 17.8 Å². The van der Waals surface area contributed by atoms with E-state index in [4.69, 9.17) is 14.6 Å². The molecule has 1 amide bonds. The fraction of sp³-hybridized carbons (Fsp3) is 0.241. The molecule has 194 valence electrons. The summed E-state index contributed by atoms with van der Waals surface area (Å²) in [6, 6.07) is 15.3. The zero-order valence-corrected chi connectivity index (χ0v) is 21.6. The van der Waals surface area contributed by atoms with Crippen LogP contribution in [-0.4, -0.2) is 29.6 Å². The maximum absolute atomic E-state index is 13.1. The maximum Gasteiger partial charge on any atom is 0.341 e. The third kappa shape index (κ3) is 6.10. The number of fused-ring (bicyclic) bond motifs is 1. The number of carbonyl (C=O) groups excluding carboxylic acids is 2. The van der Waals surface area contributed by atoms with E-state index in [1.807, 2.05) is 6.07 Å². The molecule has 0 aliphatic heterocycles. The molecule has 1 aliphatic rings. The van der Waals surface area contributed by atoms with Gasteiger partial charge in [-0.05, 0) is 68.0 Å². The molecular formula is C29H26N2O6S. The van der Waals surface area contributed by atoms with Crippen LogP contribution in [0.5, 0.6) is 5.75 Å². The molecule has 2 N–H and O–H groups in total. The van der Waals surface area contributed by atoms with Gasteiger partial charge in [-0.2, -0.15) is 5.26 Å². The first-order chi connectivity index (χ1) is 18.4. The minimum atomic E-state index is -1.01. The highest BCUT2D eigenvalue weighted by Crippen LogP contribution is 2.39. The molecule has 0 saturated carbocycles. The lowest BCUT2D eigenvalue weighted by Gasteiger charge is -2.12. The van der Waals surface area contributed by atoms with Crippen LogP contribution < -0.4 is 10.1 Å². The number of benzene rings is 2. The summed E-state index contributed by atoms with van der Waals surface area (Å²) >= 11 is 1.36. The number of esters is 1. The molecule has 0 saturated heterocycles. The predicted molar refractivity (Wildman–Crippen MR) is 143 cm³/mol. The van der Waals surface area contributed by atoms with Crippen molar-refractivity contribution in [3.05, 3.63) is 86.8 Å². The Morgan fingerprint density at radius 3 is 2.55 bits per heavy atom. The number of hydrogen-bond donors (Lipinski definition) is 2. The van der Waals surface area contributed by atoms with Crippen molar-refractivity contribution in [2.45, 2.75) is 39.2 Å². The lowest BCUT2D eigenvalue weighted by atomic mass is 9.95. The van der Waals surface area contributed by atoms with Crippen molar-refractivity contribution in [2.75, 3.05) is 11.9 Å². The standard InChI is InChI=1S/C29H26N2O6S/c1-2-36-29(35)25-22-8-4-6-10-24(22)38-27(25)31-26(32)21(16-30)15-20-7-3-5-9-23(20)37-17-18-11-13-19(14-12-18)28(33)34/h3,5,7,9,11-15H,2,4,6,8,10,17H2,1H3,(H,31,32)(H,33,34)/b21-15+. The molecule has 1 aliphatic carbocycles. The van der Waals surface area contributed by atoms with E-state index >= 15 is 0 Å². The Morgan fingerprint density at radius 1 is 1.11 bits per heavy atom. The fourth-order valence-electron chi connectivity index (χ4n) is 4.18. The van der Waals surface area contributed by atoms with Gasteiger partial charge in [0.05, 0.1) is 17.7 Å². The van der Waals surface area contributed by atoms with E-state index in [2.05, 4.69) is 5.32 Å². The number of carbonyl (C=O) groups is 3. The second kappa shape index (κ2) is 12.2. The van der Waals surface area contributed by atoms with Crippen molar-refractivity contribution < 1.29 is 29.0 Å². The summed E-state index contributed by atoms with van der Waals surface area (Å²) in [6.45, 7) is 2.12. The summed E-state index contributed by atoms with van der Waals surface area (Å²) in [5.41, 5.74) is 2.63. The summed E-state index contributed by atoms with van der Waals surface area (Å²) in [6.07, 6.45) is 5.02. The summed E-state index contributed by atoms with van der Waals surface area (Å²) < 4.78 is 11.2. The zero-order chi connectivity index (χ0) is 27.1. The van der Waals surface area contributed by atoms with Gasteiger partial charge in [0.25, 0.3) is 5.91 Å². The number of rotatable bonds is 9. The number of nitrogens with zero attached hydrogens (tertiary/aromatic N) is 1. The van der Waals surface area contributed by atoms with Crippen molar-refractivity contribution in [1.82, 2.24) is 0 Å². The van der Waals surface area contributed by atoms with Crippen molar-refractivity contribution in [3.63, 3.8) is 0 Å². The summed E-state index contributed by atoms with van der Waals surface area (Å²) in [5.74, 6) is -1.66. The SMILES string of the molecule is CCOC(=O)c1c(NC(=O)/C(C#N)=C/c2ccccc2OCc2ccc(C(=O)O)cc2)sc2c1CCCC2. The monoisotopic (exact) mass is 530 g/mol. The number of para-hydroxylation sites is 1. The number of thiophene rings is 1. The zero-order valence-electron chi connectivity index (χ0n) is 20.8. The van der Waals surface area contributed by atoms with E-state index in [1.54, 1.807) is 43.3 Å². The highest BCUT2D eigenvalue weighted by molar-refractivity contribution is 7.17. The quantitative estimate of drug-likeness (QED) is 0.209.